The van der Waals surface area contributed by atoms with E-state index < -0.39 is 0 Å². The van der Waals surface area contributed by atoms with Gasteiger partial charge in [0.25, 0.3) is 5.22 Å². The maximum Gasteiger partial charge on any atom is 0.255 e. The summed E-state index contributed by atoms with van der Waals surface area (Å²) in [5.41, 5.74) is 3.62. The number of rotatable bonds is 7. The van der Waals surface area contributed by atoms with E-state index in [1.807, 2.05) is 6.92 Å². The lowest BCUT2D eigenvalue weighted by Crippen LogP contribution is -2.22. The predicted molar refractivity (Wildman–Crippen MR) is 84.2 cm³/mol. The molecule has 0 aliphatic rings. The highest BCUT2D eigenvalue weighted by atomic mass is 32.2. The van der Waals surface area contributed by atoms with Crippen LogP contribution in [0.4, 0.5) is 0 Å². The van der Waals surface area contributed by atoms with Gasteiger partial charge in [-0.05, 0) is 31.0 Å². The van der Waals surface area contributed by atoms with Crippen LogP contribution in [-0.2, 0) is 6.42 Å². The van der Waals surface area contributed by atoms with E-state index in [1.54, 1.807) is 18.0 Å². The van der Waals surface area contributed by atoms with E-state index in [1.165, 1.54) is 11.1 Å². The number of benzene rings is 1. The molecule has 2 aromatic rings. The molecule has 1 N–H and O–H groups in total. The zero-order chi connectivity index (χ0) is 14.4. The van der Waals surface area contributed by atoms with Gasteiger partial charge in [-0.2, -0.15) is 0 Å². The van der Waals surface area contributed by atoms with Crippen LogP contribution in [0.25, 0.3) is 0 Å². The average molecular weight is 290 g/mol. The summed E-state index contributed by atoms with van der Waals surface area (Å²) < 4.78 is 5.39. The van der Waals surface area contributed by atoms with Gasteiger partial charge >= 0.3 is 0 Å². The summed E-state index contributed by atoms with van der Waals surface area (Å²) in [4.78, 5) is 4.33. The van der Waals surface area contributed by atoms with Gasteiger partial charge in [0, 0.05) is 11.8 Å². The number of nitrogens with zero attached hydrogens (tertiary/aromatic N) is 1. The normalized spacial score (nSPS) is 12.6. The molecule has 108 valence electrons. The fraction of sp³-hybridized carbons (Fsp3) is 0.438. The maximum atomic E-state index is 5.39. The Morgan fingerprint density at radius 2 is 2.00 bits per heavy atom. The molecule has 1 aromatic heterocycles. The number of aryl methyl sites for hydroxylation is 2. The third-order valence-electron chi connectivity index (χ3n) is 3.21. The maximum absolute atomic E-state index is 5.39. The van der Waals surface area contributed by atoms with Gasteiger partial charge in [-0.1, -0.05) is 49.9 Å². The van der Waals surface area contributed by atoms with Crippen molar-refractivity contribution in [2.24, 2.45) is 0 Å². The minimum Gasteiger partial charge on any atom is -0.440 e. The second kappa shape index (κ2) is 7.50. The first kappa shape index (κ1) is 15.1. The van der Waals surface area contributed by atoms with Crippen molar-refractivity contribution in [3.63, 3.8) is 0 Å². The smallest absolute Gasteiger partial charge is 0.255 e. The third kappa shape index (κ3) is 4.12. The average Bonchev–Trinajstić information content (AvgIpc) is 2.89. The number of oxazole rings is 1. The Morgan fingerprint density at radius 3 is 2.55 bits per heavy atom. The lowest BCUT2D eigenvalue weighted by molar-refractivity contribution is 0.453. The largest absolute Gasteiger partial charge is 0.440 e. The first-order chi connectivity index (χ1) is 9.72. The van der Waals surface area contributed by atoms with E-state index in [2.05, 4.69) is 48.4 Å². The van der Waals surface area contributed by atoms with E-state index >= 15 is 0 Å². The van der Waals surface area contributed by atoms with E-state index in [4.69, 9.17) is 4.42 Å². The molecular weight excluding hydrogens is 268 g/mol. The molecule has 0 saturated heterocycles. The Morgan fingerprint density at radius 1 is 1.25 bits per heavy atom. The molecule has 20 heavy (non-hydrogen) atoms. The minimum absolute atomic E-state index is 0.322. The van der Waals surface area contributed by atoms with Crippen LogP contribution in [0.5, 0.6) is 0 Å². The van der Waals surface area contributed by atoms with Crippen molar-refractivity contribution < 1.29 is 4.42 Å². The van der Waals surface area contributed by atoms with E-state index in [-0.39, 0.29) is 0 Å². The minimum atomic E-state index is 0.322. The zero-order valence-corrected chi connectivity index (χ0v) is 13.2. The van der Waals surface area contributed by atoms with Crippen LogP contribution in [0, 0.1) is 6.92 Å². The van der Waals surface area contributed by atoms with Gasteiger partial charge in [0.15, 0.2) is 0 Å². The summed E-state index contributed by atoms with van der Waals surface area (Å²) in [7, 11) is 0. The fourth-order valence-electron chi connectivity index (χ4n) is 2.06. The Balaban J connectivity index is 2.01. The molecule has 0 bridgehead atoms. The first-order valence-electron chi connectivity index (χ1n) is 7.10. The summed E-state index contributed by atoms with van der Waals surface area (Å²) in [5.74, 6) is 0.916. The van der Waals surface area contributed by atoms with Crippen molar-refractivity contribution in [1.82, 2.24) is 10.3 Å². The summed E-state index contributed by atoms with van der Waals surface area (Å²) in [6, 6.07) is 9.17. The standard InChI is InChI=1S/C16H22N2OS/c1-4-13-6-8-14(9-7-13)15(17-5-2)11-20-16-18-12(3)10-19-16/h6-10,15,17H,4-5,11H2,1-3H3. The highest BCUT2D eigenvalue weighted by Gasteiger charge is 2.12. The SMILES string of the molecule is CCNC(CSc1nc(C)co1)c1ccc(CC)cc1. The number of thioether (sulfide) groups is 1. The van der Waals surface area contributed by atoms with E-state index in [9.17, 15) is 0 Å². The number of hydrogen-bond donors (Lipinski definition) is 1. The quantitative estimate of drug-likeness (QED) is 0.783. The fourth-order valence-corrected chi connectivity index (χ4v) is 3.00. The summed E-state index contributed by atoms with van der Waals surface area (Å²) in [6.07, 6.45) is 2.77. The molecule has 1 aromatic carbocycles. The Kier molecular flexibility index (Phi) is 5.68. The van der Waals surface area contributed by atoms with Crippen molar-refractivity contribution in [1.29, 1.82) is 0 Å². The Hall–Kier alpha value is -1.26. The van der Waals surface area contributed by atoms with E-state index in [0.717, 1.165) is 29.6 Å². The van der Waals surface area contributed by atoms with Crippen LogP contribution >= 0.6 is 11.8 Å². The van der Waals surface area contributed by atoms with E-state index in [0.29, 0.717) is 6.04 Å². The van der Waals surface area contributed by atoms with Crippen LogP contribution in [0.3, 0.4) is 0 Å². The molecule has 0 radical (unpaired) electrons. The molecule has 1 atom stereocenters. The van der Waals surface area contributed by atoms with Gasteiger partial charge in [-0.15, -0.1) is 0 Å². The number of aromatic nitrogens is 1. The molecule has 0 aliphatic heterocycles. The van der Waals surface area contributed by atoms with Crippen LogP contribution in [0.15, 0.2) is 40.2 Å². The lowest BCUT2D eigenvalue weighted by atomic mass is 10.1. The molecule has 0 amide bonds. The molecule has 0 aliphatic carbocycles. The summed E-state index contributed by atoms with van der Waals surface area (Å²) >= 11 is 1.65. The van der Waals surface area contributed by atoms with Crippen molar-refractivity contribution >= 4 is 11.8 Å². The van der Waals surface area contributed by atoms with Gasteiger partial charge in [-0.25, -0.2) is 4.98 Å². The van der Waals surface area contributed by atoms with Gasteiger partial charge in [0.1, 0.15) is 6.26 Å². The predicted octanol–water partition coefficient (Wildman–Crippen LogP) is 3.99. The number of hydrogen-bond acceptors (Lipinski definition) is 4. The van der Waals surface area contributed by atoms with Gasteiger partial charge in [0.2, 0.25) is 0 Å². The molecule has 2 rings (SSSR count). The molecule has 0 saturated carbocycles. The molecule has 3 nitrogen and oxygen atoms in total. The first-order valence-corrected chi connectivity index (χ1v) is 8.08. The molecule has 0 spiro atoms. The highest BCUT2D eigenvalue weighted by molar-refractivity contribution is 7.99. The summed E-state index contributed by atoms with van der Waals surface area (Å²) in [6.45, 7) is 7.20. The van der Waals surface area contributed by atoms with Crippen LogP contribution < -0.4 is 5.32 Å². The Bertz CT molecular complexity index is 522. The van der Waals surface area contributed by atoms with Crippen LogP contribution in [0.2, 0.25) is 0 Å². The highest BCUT2D eigenvalue weighted by Crippen LogP contribution is 2.24. The molecular formula is C16H22N2OS. The van der Waals surface area contributed by atoms with Gasteiger partial charge in [-0.3, -0.25) is 0 Å². The monoisotopic (exact) mass is 290 g/mol. The zero-order valence-electron chi connectivity index (χ0n) is 12.3. The van der Waals surface area contributed by atoms with Crippen molar-refractivity contribution in [3.8, 4) is 0 Å². The van der Waals surface area contributed by atoms with Gasteiger partial charge < -0.3 is 9.73 Å². The second-order valence-electron chi connectivity index (χ2n) is 4.77. The molecule has 1 heterocycles. The molecule has 1 unspecified atom stereocenters. The Labute approximate surface area is 125 Å². The lowest BCUT2D eigenvalue weighted by Gasteiger charge is -2.17. The third-order valence-corrected chi connectivity index (χ3v) is 4.15. The van der Waals surface area contributed by atoms with Crippen LogP contribution in [0.1, 0.15) is 36.7 Å². The van der Waals surface area contributed by atoms with Gasteiger partial charge in [0.05, 0.1) is 5.69 Å². The molecule has 4 heteroatoms. The molecule has 0 fully saturated rings. The van der Waals surface area contributed by atoms with Crippen molar-refractivity contribution in [2.45, 2.75) is 38.5 Å². The summed E-state index contributed by atoms with van der Waals surface area (Å²) in [5, 5.41) is 4.27. The topological polar surface area (TPSA) is 38.1 Å². The van der Waals surface area contributed by atoms with Crippen molar-refractivity contribution in [2.75, 3.05) is 12.3 Å². The second-order valence-corrected chi connectivity index (χ2v) is 5.74. The number of nitrogens with one attached hydrogen (secondary N) is 1. The van der Waals surface area contributed by atoms with Crippen LogP contribution in [-0.4, -0.2) is 17.3 Å². The van der Waals surface area contributed by atoms with Crippen molar-refractivity contribution in [3.05, 3.63) is 47.3 Å².